The number of carbonyl (C=O) groups excluding carboxylic acids is 1. The summed E-state index contributed by atoms with van der Waals surface area (Å²) in [6.45, 7) is -0.368. The highest BCUT2D eigenvalue weighted by molar-refractivity contribution is 5.83. The predicted molar refractivity (Wildman–Crippen MR) is 61.9 cm³/mol. The summed E-state index contributed by atoms with van der Waals surface area (Å²) < 4.78 is 35.8. The van der Waals surface area contributed by atoms with Crippen LogP contribution in [0.3, 0.4) is 0 Å². The van der Waals surface area contributed by atoms with Crippen molar-refractivity contribution in [2.75, 3.05) is 13.1 Å². The zero-order chi connectivity index (χ0) is 13.6. The normalized spacial score (nSPS) is 13.1. The maximum atomic E-state index is 11.9. The Kier molecular flexibility index (Phi) is 5.15. The fourth-order valence-corrected chi connectivity index (χ4v) is 1.53. The van der Waals surface area contributed by atoms with Crippen LogP contribution in [-0.4, -0.2) is 25.2 Å². The van der Waals surface area contributed by atoms with E-state index in [-0.39, 0.29) is 6.54 Å². The second-order valence-corrected chi connectivity index (χ2v) is 3.86. The minimum absolute atomic E-state index is 0.0574. The lowest BCUT2D eigenvalue weighted by Gasteiger charge is -2.15. The number of halogens is 3. The molecule has 0 spiro atoms. The summed E-state index contributed by atoms with van der Waals surface area (Å²) in [7, 11) is 0. The van der Waals surface area contributed by atoms with Crippen LogP contribution in [0.2, 0.25) is 0 Å². The molecule has 0 aromatic heterocycles. The van der Waals surface area contributed by atoms with E-state index >= 15 is 0 Å². The largest absolute Gasteiger partial charge is 0.390 e. The summed E-state index contributed by atoms with van der Waals surface area (Å²) in [5, 5.41) is 2.25. The van der Waals surface area contributed by atoms with Gasteiger partial charge in [0, 0.05) is 13.1 Å². The third-order valence-corrected chi connectivity index (χ3v) is 2.46. The monoisotopic (exact) mass is 260 g/mol. The Balaban J connectivity index is 2.54. The molecule has 1 aromatic carbocycles. The molecule has 0 aliphatic heterocycles. The Bertz CT molecular complexity index is 379. The fourth-order valence-electron chi connectivity index (χ4n) is 1.53. The lowest BCUT2D eigenvalue weighted by Crippen LogP contribution is -2.35. The van der Waals surface area contributed by atoms with Gasteiger partial charge < -0.3 is 11.1 Å². The first-order valence-corrected chi connectivity index (χ1v) is 5.53. The van der Waals surface area contributed by atoms with Crippen LogP contribution < -0.4 is 11.1 Å². The zero-order valence-corrected chi connectivity index (χ0v) is 9.70. The molecule has 0 heterocycles. The standard InChI is InChI=1S/C12H15F3N2O/c13-12(14,15)6-7-17-11(18)10(8-16)9-4-2-1-3-5-9/h1-5,10H,6-8,16H2,(H,17,18). The Labute approximate surface area is 103 Å². The predicted octanol–water partition coefficient (Wildman–Crippen LogP) is 1.80. The molecule has 1 atom stereocenters. The molecule has 1 unspecified atom stereocenters. The zero-order valence-electron chi connectivity index (χ0n) is 9.70. The molecular weight excluding hydrogens is 245 g/mol. The van der Waals surface area contributed by atoms with Crippen LogP contribution in [0.15, 0.2) is 30.3 Å². The number of nitrogens with two attached hydrogens (primary N) is 1. The van der Waals surface area contributed by atoms with E-state index in [1.807, 2.05) is 0 Å². The van der Waals surface area contributed by atoms with E-state index in [0.29, 0.717) is 5.56 Å². The Morgan fingerprint density at radius 2 is 1.89 bits per heavy atom. The highest BCUT2D eigenvalue weighted by Gasteiger charge is 2.27. The van der Waals surface area contributed by atoms with Gasteiger partial charge in [-0.25, -0.2) is 0 Å². The lowest BCUT2D eigenvalue weighted by atomic mass is 9.98. The molecule has 6 heteroatoms. The van der Waals surface area contributed by atoms with Crippen molar-refractivity contribution in [1.82, 2.24) is 5.32 Å². The Morgan fingerprint density at radius 1 is 1.28 bits per heavy atom. The first-order valence-electron chi connectivity index (χ1n) is 5.53. The van der Waals surface area contributed by atoms with Crippen LogP contribution >= 0.6 is 0 Å². The first-order chi connectivity index (χ1) is 8.44. The quantitative estimate of drug-likeness (QED) is 0.848. The summed E-state index contributed by atoms with van der Waals surface area (Å²) in [5.41, 5.74) is 6.18. The lowest BCUT2D eigenvalue weighted by molar-refractivity contribution is -0.135. The number of hydrogen-bond donors (Lipinski definition) is 2. The second-order valence-electron chi connectivity index (χ2n) is 3.86. The molecule has 1 rings (SSSR count). The molecule has 0 aliphatic carbocycles. The van der Waals surface area contributed by atoms with Crippen LogP contribution in [-0.2, 0) is 4.79 Å². The van der Waals surface area contributed by atoms with Gasteiger partial charge in [0.1, 0.15) is 0 Å². The van der Waals surface area contributed by atoms with Crippen molar-refractivity contribution in [1.29, 1.82) is 0 Å². The third kappa shape index (κ3) is 4.75. The van der Waals surface area contributed by atoms with Gasteiger partial charge in [-0.1, -0.05) is 30.3 Å². The highest BCUT2D eigenvalue weighted by Crippen LogP contribution is 2.19. The summed E-state index contributed by atoms with van der Waals surface area (Å²) in [6, 6.07) is 8.74. The average Bonchev–Trinajstić information content (AvgIpc) is 2.29. The number of alkyl halides is 3. The Hall–Kier alpha value is -1.56. The van der Waals surface area contributed by atoms with Gasteiger partial charge in [-0.15, -0.1) is 0 Å². The van der Waals surface area contributed by atoms with Crippen molar-refractivity contribution in [3.8, 4) is 0 Å². The SMILES string of the molecule is NCC(C(=O)NCCC(F)(F)F)c1ccccc1. The van der Waals surface area contributed by atoms with Gasteiger partial charge in [-0.3, -0.25) is 4.79 Å². The molecule has 0 bridgehead atoms. The number of nitrogens with one attached hydrogen (secondary N) is 1. The van der Waals surface area contributed by atoms with Crippen molar-refractivity contribution in [2.45, 2.75) is 18.5 Å². The van der Waals surface area contributed by atoms with E-state index < -0.39 is 31.0 Å². The van der Waals surface area contributed by atoms with Crippen molar-refractivity contribution >= 4 is 5.91 Å². The van der Waals surface area contributed by atoms with Gasteiger partial charge in [0.2, 0.25) is 5.91 Å². The van der Waals surface area contributed by atoms with E-state index in [2.05, 4.69) is 5.32 Å². The van der Waals surface area contributed by atoms with E-state index in [1.54, 1.807) is 30.3 Å². The van der Waals surface area contributed by atoms with E-state index in [1.165, 1.54) is 0 Å². The molecular formula is C12H15F3N2O. The molecule has 0 saturated heterocycles. The highest BCUT2D eigenvalue weighted by atomic mass is 19.4. The summed E-state index contributed by atoms with van der Waals surface area (Å²) >= 11 is 0. The van der Waals surface area contributed by atoms with Gasteiger partial charge in [0.25, 0.3) is 0 Å². The number of amides is 1. The molecule has 18 heavy (non-hydrogen) atoms. The fraction of sp³-hybridized carbons (Fsp3) is 0.417. The van der Waals surface area contributed by atoms with Crippen molar-refractivity contribution in [3.63, 3.8) is 0 Å². The van der Waals surface area contributed by atoms with Gasteiger partial charge in [-0.05, 0) is 5.56 Å². The first kappa shape index (κ1) is 14.5. The Morgan fingerprint density at radius 3 is 2.39 bits per heavy atom. The van der Waals surface area contributed by atoms with Crippen LogP contribution in [0.5, 0.6) is 0 Å². The third-order valence-electron chi connectivity index (χ3n) is 2.46. The number of benzene rings is 1. The summed E-state index contributed by atoms with van der Waals surface area (Å²) in [6.07, 6.45) is -5.30. The minimum Gasteiger partial charge on any atom is -0.355 e. The number of carbonyl (C=O) groups is 1. The molecule has 100 valence electrons. The molecule has 0 fully saturated rings. The molecule has 0 aliphatic rings. The van der Waals surface area contributed by atoms with Crippen LogP contribution in [0, 0.1) is 0 Å². The van der Waals surface area contributed by atoms with Crippen LogP contribution in [0.1, 0.15) is 17.9 Å². The molecule has 3 nitrogen and oxygen atoms in total. The van der Waals surface area contributed by atoms with Gasteiger partial charge in [0.15, 0.2) is 0 Å². The van der Waals surface area contributed by atoms with E-state index in [9.17, 15) is 18.0 Å². The smallest absolute Gasteiger partial charge is 0.355 e. The number of hydrogen-bond acceptors (Lipinski definition) is 2. The summed E-state index contributed by atoms with van der Waals surface area (Å²) in [4.78, 5) is 11.7. The van der Waals surface area contributed by atoms with Crippen molar-refractivity contribution < 1.29 is 18.0 Å². The van der Waals surface area contributed by atoms with Gasteiger partial charge in [-0.2, -0.15) is 13.2 Å². The number of rotatable bonds is 5. The van der Waals surface area contributed by atoms with Crippen LogP contribution in [0.25, 0.3) is 0 Å². The van der Waals surface area contributed by atoms with Crippen molar-refractivity contribution in [2.24, 2.45) is 5.73 Å². The molecule has 3 N–H and O–H groups in total. The average molecular weight is 260 g/mol. The van der Waals surface area contributed by atoms with Crippen LogP contribution in [0.4, 0.5) is 13.2 Å². The van der Waals surface area contributed by atoms with E-state index in [4.69, 9.17) is 5.73 Å². The summed E-state index contributed by atoms with van der Waals surface area (Å²) in [5.74, 6) is -1.09. The second kappa shape index (κ2) is 6.39. The van der Waals surface area contributed by atoms with Gasteiger partial charge >= 0.3 is 6.18 Å². The topological polar surface area (TPSA) is 55.1 Å². The van der Waals surface area contributed by atoms with Gasteiger partial charge in [0.05, 0.1) is 12.3 Å². The van der Waals surface area contributed by atoms with E-state index in [0.717, 1.165) is 0 Å². The maximum absolute atomic E-state index is 11.9. The maximum Gasteiger partial charge on any atom is 0.390 e. The van der Waals surface area contributed by atoms with Crippen molar-refractivity contribution in [3.05, 3.63) is 35.9 Å². The minimum atomic E-state index is -4.27. The molecule has 1 amide bonds. The molecule has 1 aromatic rings. The molecule has 0 radical (unpaired) electrons. The molecule has 0 saturated carbocycles.